The third-order valence-electron chi connectivity index (χ3n) is 4.70. The van der Waals surface area contributed by atoms with Gasteiger partial charge in [0.25, 0.3) is 0 Å². The molecule has 3 N–H and O–H groups in total. The number of halogens is 1. The number of urea groups is 1. The van der Waals surface area contributed by atoms with E-state index in [0.717, 1.165) is 24.2 Å². The fourth-order valence-corrected chi connectivity index (χ4v) is 3.44. The number of carbonyl (C=O) groups is 2. The quantitative estimate of drug-likeness (QED) is 0.579. The summed E-state index contributed by atoms with van der Waals surface area (Å²) < 4.78 is 0. The first-order valence-corrected chi connectivity index (χ1v) is 10.2. The minimum absolute atomic E-state index is 0.0382. The van der Waals surface area contributed by atoms with E-state index < -0.39 is 6.03 Å². The third kappa shape index (κ3) is 7.07. The standard InChI is InChI=1S/C22H29ClN4O2/c1-4-27(5-2)20(18-11-6-7-12-19(18)23)14-24-21(28)15-25-22(29)26-17-10-8-9-16(3)13-17/h6-13,20H,4-5,14-15H2,1-3H3,(H,24,28)(H2,25,26,29). The number of anilines is 1. The summed E-state index contributed by atoms with van der Waals surface area (Å²) in [5.41, 5.74) is 2.70. The minimum atomic E-state index is -0.419. The Bertz CT molecular complexity index is 824. The number of hydrogen-bond donors (Lipinski definition) is 3. The molecule has 0 aliphatic heterocycles. The first kappa shape index (κ1) is 22.7. The van der Waals surface area contributed by atoms with Crippen molar-refractivity contribution in [1.29, 1.82) is 0 Å². The second kappa shape index (κ2) is 11.4. The van der Waals surface area contributed by atoms with Gasteiger partial charge in [-0.2, -0.15) is 0 Å². The summed E-state index contributed by atoms with van der Waals surface area (Å²) in [6, 6.07) is 14.7. The Morgan fingerprint density at radius 1 is 1.03 bits per heavy atom. The maximum absolute atomic E-state index is 12.3. The molecule has 0 aromatic heterocycles. The number of hydrogen-bond acceptors (Lipinski definition) is 3. The average Bonchev–Trinajstić information content (AvgIpc) is 2.70. The minimum Gasteiger partial charge on any atom is -0.353 e. The van der Waals surface area contributed by atoms with Crippen molar-refractivity contribution in [2.75, 3.05) is 31.5 Å². The summed E-state index contributed by atoms with van der Waals surface area (Å²) in [5, 5.41) is 8.88. The Hall–Kier alpha value is -2.57. The van der Waals surface area contributed by atoms with E-state index in [1.807, 2.05) is 49.4 Å². The largest absolute Gasteiger partial charge is 0.353 e. The van der Waals surface area contributed by atoms with Gasteiger partial charge in [0.15, 0.2) is 0 Å². The highest BCUT2D eigenvalue weighted by molar-refractivity contribution is 6.31. The fraction of sp³-hybridized carbons (Fsp3) is 0.364. The average molecular weight is 417 g/mol. The van der Waals surface area contributed by atoms with Crippen LogP contribution in [0.25, 0.3) is 0 Å². The molecule has 1 unspecified atom stereocenters. The van der Waals surface area contributed by atoms with Crippen LogP contribution in [0, 0.1) is 6.92 Å². The summed E-state index contributed by atoms with van der Waals surface area (Å²) in [6.07, 6.45) is 0. The third-order valence-corrected chi connectivity index (χ3v) is 5.04. The lowest BCUT2D eigenvalue weighted by atomic mass is 10.0. The van der Waals surface area contributed by atoms with Crippen molar-refractivity contribution in [3.63, 3.8) is 0 Å². The number of likely N-dealkylation sites (N-methyl/N-ethyl adjacent to an activating group) is 1. The maximum Gasteiger partial charge on any atom is 0.319 e. The molecular formula is C22H29ClN4O2. The van der Waals surface area contributed by atoms with E-state index in [1.165, 1.54) is 0 Å². The molecule has 2 aromatic carbocycles. The Morgan fingerprint density at radius 3 is 2.41 bits per heavy atom. The van der Waals surface area contributed by atoms with Gasteiger partial charge < -0.3 is 16.0 Å². The lowest BCUT2D eigenvalue weighted by Gasteiger charge is -2.31. The molecule has 0 saturated heterocycles. The molecule has 2 rings (SSSR count). The van der Waals surface area contributed by atoms with Gasteiger partial charge in [0.2, 0.25) is 5.91 Å². The van der Waals surface area contributed by atoms with E-state index >= 15 is 0 Å². The number of nitrogens with one attached hydrogen (secondary N) is 3. The van der Waals surface area contributed by atoms with Crippen LogP contribution in [0.15, 0.2) is 48.5 Å². The molecule has 0 aliphatic rings. The van der Waals surface area contributed by atoms with Crippen molar-refractivity contribution in [2.45, 2.75) is 26.8 Å². The van der Waals surface area contributed by atoms with E-state index in [2.05, 4.69) is 34.7 Å². The molecule has 0 aliphatic carbocycles. The molecule has 0 spiro atoms. The molecule has 0 saturated carbocycles. The summed E-state index contributed by atoms with van der Waals surface area (Å²) in [7, 11) is 0. The van der Waals surface area contributed by atoms with Gasteiger partial charge in [-0.25, -0.2) is 4.79 Å². The zero-order valence-corrected chi connectivity index (χ0v) is 17.9. The molecule has 6 nitrogen and oxygen atoms in total. The van der Waals surface area contributed by atoms with Crippen molar-refractivity contribution >= 4 is 29.2 Å². The van der Waals surface area contributed by atoms with Crippen LogP contribution in [-0.2, 0) is 4.79 Å². The van der Waals surface area contributed by atoms with Gasteiger partial charge in [0, 0.05) is 17.3 Å². The van der Waals surface area contributed by atoms with Crippen molar-refractivity contribution in [2.24, 2.45) is 0 Å². The first-order chi connectivity index (χ1) is 13.9. The molecule has 7 heteroatoms. The summed E-state index contributed by atoms with van der Waals surface area (Å²) >= 11 is 6.38. The number of rotatable bonds is 9. The molecule has 156 valence electrons. The fourth-order valence-electron chi connectivity index (χ4n) is 3.18. The zero-order valence-electron chi connectivity index (χ0n) is 17.2. The van der Waals surface area contributed by atoms with Gasteiger partial charge in [-0.3, -0.25) is 9.69 Å². The van der Waals surface area contributed by atoms with E-state index in [1.54, 1.807) is 6.07 Å². The predicted molar refractivity (Wildman–Crippen MR) is 118 cm³/mol. The SMILES string of the molecule is CCN(CC)C(CNC(=O)CNC(=O)Nc1cccc(C)c1)c1ccccc1Cl. The lowest BCUT2D eigenvalue weighted by molar-refractivity contribution is -0.120. The number of aryl methyl sites for hydroxylation is 1. The molecule has 0 heterocycles. The monoisotopic (exact) mass is 416 g/mol. The summed E-state index contributed by atoms with van der Waals surface area (Å²) in [5.74, 6) is -0.256. The van der Waals surface area contributed by atoms with E-state index in [0.29, 0.717) is 17.3 Å². The van der Waals surface area contributed by atoms with Crippen LogP contribution < -0.4 is 16.0 Å². The Kier molecular flexibility index (Phi) is 8.96. The topological polar surface area (TPSA) is 73.5 Å². The van der Waals surface area contributed by atoms with Crippen LogP contribution in [0.2, 0.25) is 5.02 Å². The zero-order chi connectivity index (χ0) is 21.2. The van der Waals surface area contributed by atoms with Crippen LogP contribution in [0.1, 0.15) is 31.0 Å². The van der Waals surface area contributed by atoms with Gasteiger partial charge in [-0.05, 0) is 49.3 Å². The van der Waals surface area contributed by atoms with Crippen LogP contribution >= 0.6 is 11.6 Å². The molecule has 0 bridgehead atoms. The number of amides is 3. The van der Waals surface area contributed by atoms with E-state index in [-0.39, 0.29) is 18.5 Å². The number of benzene rings is 2. The van der Waals surface area contributed by atoms with Gasteiger partial charge in [0.1, 0.15) is 0 Å². The summed E-state index contributed by atoms with van der Waals surface area (Å²) in [4.78, 5) is 26.5. The predicted octanol–water partition coefficient (Wildman–Crippen LogP) is 3.97. The maximum atomic E-state index is 12.3. The number of carbonyl (C=O) groups excluding carboxylic acids is 2. The smallest absolute Gasteiger partial charge is 0.319 e. The normalized spacial score (nSPS) is 11.8. The van der Waals surface area contributed by atoms with E-state index in [9.17, 15) is 9.59 Å². The molecule has 0 fully saturated rings. The Labute approximate surface area is 177 Å². The van der Waals surface area contributed by atoms with Gasteiger partial charge in [-0.15, -0.1) is 0 Å². The van der Waals surface area contributed by atoms with Crippen LogP contribution in [0.5, 0.6) is 0 Å². The molecular weight excluding hydrogens is 388 g/mol. The number of nitrogens with zero attached hydrogens (tertiary/aromatic N) is 1. The van der Waals surface area contributed by atoms with Crippen molar-refractivity contribution in [3.05, 3.63) is 64.7 Å². The van der Waals surface area contributed by atoms with Crippen LogP contribution in [-0.4, -0.2) is 43.0 Å². The van der Waals surface area contributed by atoms with Crippen molar-refractivity contribution in [1.82, 2.24) is 15.5 Å². The molecule has 2 aromatic rings. The van der Waals surface area contributed by atoms with E-state index in [4.69, 9.17) is 11.6 Å². The van der Waals surface area contributed by atoms with Gasteiger partial charge in [0.05, 0.1) is 12.6 Å². The molecule has 29 heavy (non-hydrogen) atoms. The van der Waals surface area contributed by atoms with Gasteiger partial charge >= 0.3 is 6.03 Å². The summed E-state index contributed by atoms with van der Waals surface area (Å²) in [6.45, 7) is 8.07. The lowest BCUT2D eigenvalue weighted by Crippen LogP contribution is -2.43. The highest BCUT2D eigenvalue weighted by Gasteiger charge is 2.21. The molecule has 1 atom stereocenters. The molecule has 3 amide bonds. The Morgan fingerprint density at radius 2 is 1.76 bits per heavy atom. The Balaban J connectivity index is 1.89. The first-order valence-electron chi connectivity index (χ1n) is 9.81. The van der Waals surface area contributed by atoms with Gasteiger partial charge in [-0.1, -0.05) is 55.8 Å². The second-order valence-corrected chi connectivity index (χ2v) is 7.15. The highest BCUT2D eigenvalue weighted by atomic mass is 35.5. The van der Waals surface area contributed by atoms with Crippen molar-refractivity contribution < 1.29 is 9.59 Å². The highest BCUT2D eigenvalue weighted by Crippen LogP contribution is 2.26. The van der Waals surface area contributed by atoms with Crippen molar-refractivity contribution in [3.8, 4) is 0 Å². The van der Waals surface area contributed by atoms with Crippen LogP contribution in [0.4, 0.5) is 10.5 Å². The molecule has 0 radical (unpaired) electrons. The second-order valence-electron chi connectivity index (χ2n) is 6.74. The van der Waals surface area contributed by atoms with Crippen LogP contribution in [0.3, 0.4) is 0 Å².